The number of carbonyl (C=O) groups excluding carboxylic acids is 1. The molecule has 2 heterocycles. The Morgan fingerprint density at radius 2 is 1.78 bits per heavy atom. The van der Waals surface area contributed by atoms with Crippen LogP contribution in [0.15, 0.2) is 36.5 Å². The number of nitrogens with zero attached hydrogens (tertiary/aromatic N) is 2. The maximum atomic E-state index is 12.8. The Morgan fingerprint density at radius 1 is 1.17 bits per heavy atom. The molecule has 1 aromatic rings. The van der Waals surface area contributed by atoms with Gasteiger partial charge in [0.25, 0.3) is 5.91 Å². The van der Waals surface area contributed by atoms with Crippen LogP contribution in [0, 0.1) is 0 Å². The van der Waals surface area contributed by atoms with E-state index in [9.17, 15) is 4.79 Å². The van der Waals surface area contributed by atoms with Gasteiger partial charge in [-0.25, -0.2) is 4.58 Å². The Labute approximate surface area is 149 Å². The van der Waals surface area contributed by atoms with Crippen molar-refractivity contribution >= 4 is 23.2 Å². The smallest absolute Gasteiger partial charge is 0.258 e. The number of benzene rings is 1. The van der Waals surface area contributed by atoms with Gasteiger partial charge >= 0.3 is 0 Å². The molecule has 2 aliphatic heterocycles. The SMILES string of the molecule is CC1(C)CC(=[N+]2CCCC2)C=CN1C(=O)c1ccc(Cl)cc1.[Cl-]. The Bertz CT molecular complexity index is 639. The molecule has 0 aliphatic carbocycles. The number of allylic oxidation sites excluding steroid dienone is 1. The lowest BCUT2D eigenvalue weighted by atomic mass is 9.91. The van der Waals surface area contributed by atoms with E-state index in [1.165, 1.54) is 18.6 Å². The van der Waals surface area contributed by atoms with Crippen LogP contribution in [-0.2, 0) is 0 Å². The molecule has 23 heavy (non-hydrogen) atoms. The van der Waals surface area contributed by atoms with Crippen molar-refractivity contribution in [3.63, 3.8) is 0 Å². The molecule has 1 saturated heterocycles. The Kier molecular flexibility index (Phi) is 5.53. The average Bonchev–Trinajstić information content (AvgIpc) is 3.00. The van der Waals surface area contributed by atoms with E-state index in [0.29, 0.717) is 10.6 Å². The van der Waals surface area contributed by atoms with Crippen LogP contribution in [0.3, 0.4) is 0 Å². The highest BCUT2D eigenvalue weighted by Gasteiger charge is 2.37. The molecule has 1 aromatic carbocycles. The Balaban J connectivity index is 0.00000192. The summed E-state index contributed by atoms with van der Waals surface area (Å²) in [6.07, 6.45) is 7.47. The summed E-state index contributed by atoms with van der Waals surface area (Å²) >= 11 is 5.90. The second-order valence-electron chi connectivity index (χ2n) is 6.67. The van der Waals surface area contributed by atoms with Gasteiger partial charge in [0.2, 0.25) is 0 Å². The van der Waals surface area contributed by atoms with Crippen LogP contribution in [0.2, 0.25) is 5.02 Å². The molecular weight excluding hydrogens is 331 g/mol. The van der Waals surface area contributed by atoms with Crippen LogP contribution in [-0.4, -0.2) is 39.7 Å². The molecule has 1 fully saturated rings. The summed E-state index contributed by atoms with van der Waals surface area (Å²) in [6, 6.07) is 7.09. The zero-order chi connectivity index (χ0) is 15.7. The van der Waals surface area contributed by atoms with E-state index in [1.54, 1.807) is 24.3 Å². The standard InChI is InChI=1S/C18H22ClN2O.ClH/c1-18(2)13-16(20-10-3-4-11-20)9-12-21(18)17(22)14-5-7-15(19)8-6-14;/h5-9,12H,3-4,10-11,13H2,1-2H3;1H/q+1;/p-1. The molecule has 5 heteroatoms. The fourth-order valence-electron chi connectivity index (χ4n) is 3.25. The highest BCUT2D eigenvalue weighted by molar-refractivity contribution is 6.30. The van der Waals surface area contributed by atoms with E-state index < -0.39 is 0 Å². The van der Waals surface area contributed by atoms with Gasteiger partial charge < -0.3 is 17.3 Å². The van der Waals surface area contributed by atoms with Crippen LogP contribution < -0.4 is 12.4 Å². The van der Waals surface area contributed by atoms with Gasteiger partial charge in [-0.3, -0.25) is 4.79 Å². The van der Waals surface area contributed by atoms with E-state index in [4.69, 9.17) is 11.6 Å². The molecule has 3 rings (SSSR count). The predicted octanol–water partition coefficient (Wildman–Crippen LogP) is 0.730. The van der Waals surface area contributed by atoms with Crippen LogP contribution in [0.1, 0.15) is 43.5 Å². The monoisotopic (exact) mass is 352 g/mol. The maximum absolute atomic E-state index is 12.8. The van der Waals surface area contributed by atoms with E-state index in [2.05, 4.69) is 24.5 Å². The second kappa shape index (κ2) is 7.06. The Morgan fingerprint density at radius 3 is 2.35 bits per heavy atom. The number of amides is 1. The molecule has 0 spiro atoms. The summed E-state index contributed by atoms with van der Waals surface area (Å²) in [5.41, 5.74) is 1.80. The topological polar surface area (TPSA) is 23.3 Å². The van der Waals surface area contributed by atoms with Crippen LogP contribution in [0.4, 0.5) is 0 Å². The van der Waals surface area contributed by atoms with Gasteiger partial charge in [-0.05, 0) is 38.1 Å². The highest BCUT2D eigenvalue weighted by atomic mass is 35.5. The number of hydrogen-bond donors (Lipinski definition) is 0. The van der Waals surface area contributed by atoms with Gasteiger partial charge in [0.1, 0.15) is 13.1 Å². The fourth-order valence-corrected chi connectivity index (χ4v) is 3.37. The van der Waals surface area contributed by atoms with E-state index in [1.807, 2.05) is 11.1 Å². The van der Waals surface area contributed by atoms with Gasteiger partial charge in [0, 0.05) is 35.7 Å². The quantitative estimate of drug-likeness (QED) is 0.683. The summed E-state index contributed by atoms with van der Waals surface area (Å²) in [4.78, 5) is 14.6. The third-order valence-electron chi connectivity index (χ3n) is 4.50. The molecule has 124 valence electrons. The highest BCUT2D eigenvalue weighted by Crippen LogP contribution is 2.27. The predicted molar refractivity (Wildman–Crippen MR) is 89.7 cm³/mol. The summed E-state index contributed by atoms with van der Waals surface area (Å²) < 4.78 is 2.45. The normalized spacial score (nSPS) is 19.7. The van der Waals surface area contributed by atoms with Crippen molar-refractivity contribution in [2.75, 3.05) is 13.1 Å². The molecule has 0 saturated carbocycles. The summed E-state index contributed by atoms with van der Waals surface area (Å²) in [7, 11) is 0. The van der Waals surface area contributed by atoms with Crippen LogP contribution in [0.25, 0.3) is 0 Å². The van der Waals surface area contributed by atoms with Crippen molar-refractivity contribution in [3.8, 4) is 0 Å². The van der Waals surface area contributed by atoms with Crippen LogP contribution in [0.5, 0.6) is 0 Å². The third-order valence-corrected chi connectivity index (χ3v) is 4.76. The number of halogens is 2. The molecule has 0 atom stereocenters. The summed E-state index contributed by atoms with van der Waals surface area (Å²) in [5.74, 6) is 0.0263. The van der Waals surface area contributed by atoms with E-state index in [0.717, 1.165) is 19.5 Å². The van der Waals surface area contributed by atoms with E-state index in [-0.39, 0.29) is 23.9 Å². The lowest BCUT2D eigenvalue weighted by Crippen LogP contribution is -3.00. The van der Waals surface area contributed by atoms with Crippen molar-refractivity contribution in [1.82, 2.24) is 4.90 Å². The molecule has 0 bridgehead atoms. The molecule has 0 unspecified atom stereocenters. The van der Waals surface area contributed by atoms with Gasteiger partial charge in [0.15, 0.2) is 5.71 Å². The Hall–Kier alpha value is -1.32. The molecule has 0 radical (unpaired) electrons. The van der Waals surface area contributed by atoms with Gasteiger partial charge in [-0.2, -0.15) is 0 Å². The second-order valence-corrected chi connectivity index (χ2v) is 7.11. The number of rotatable bonds is 1. The van der Waals surface area contributed by atoms with Crippen molar-refractivity contribution < 1.29 is 21.8 Å². The molecule has 0 aromatic heterocycles. The van der Waals surface area contributed by atoms with Crippen molar-refractivity contribution in [2.24, 2.45) is 0 Å². The minimum Gasteiger partial charge on any atom is -1.00 e. The molecule has 1 amide bonds. The molecule has 3 nitrogen and oxygen atoms in total. The maximum Gasteiger partial charge on any atom is 0.258 e. The third kappa shape index (κ3) is 3.78. The molecule has 0 N–H and O–H groups in total. The van der Waals surface area contributed by atoms with Gasteiger partial charge in [0.05, 0.1) is 12.0 Å². The minimum absolute atomic E-state index is 0. The summed E-state index contributed by atoms with van der Waals surface area (Å²) in [6.45, 7) is 6.53. The lowest BCUT2D eigenvalue weighted by Gasteiger charge is -2.38. The zero-order valence-corrected chi connectivity index (χ0v) is 15.1. The van der Waals surface area contributed by atoms with Gasteiger partial charge in [-0.1, -0.05) is 11.6 Å². The first-order valence-electron chi connectivity index (χ1n) is 7.86. The largest absolute Gasteiger partial charge is 1.00 e. The van der Waals surface area contributed by atoms with Crippen molar-refractivity contribution in [1.29, 1.82) is 0 Å². The van der Waals surface area contributed by atoms with Gasteiger partial charge in [-0.15, -0.1) is 0 Å². The first-order valence-corrected chi connectivity index (χ1v) is 8.23. The zero-order valence-electron chi connectivity index (χ0n) is 13.6. The summed E-state index contributed by atoms with van der Waals surface area (Å²) in [5, 5.41) is 0.648. The minimum atomic E-state index is -0.219. The number of carbonyl (C=O) groups is 1. The first-order chi connectivity index (χ1) is 10.5. The first kappa shape index (κ1) is 18.0. The van der Waals surface area contributed by atoms with Crippen molar-refractivity contribution in [3.05, 3.63) is 47.1 Å². The fraction of sp³-hybridized carbons (Fsp3) is 0.444. The van der Waals surface area contributed by atoms with Crippen LogP contribution >= 0.6 is 11.6 Å². The van der Waals surface area contributed by atoms with E-state index >= 15 is 0 Å². The molecule has 2 aliphatic rings. The average molecular weight is 353 g/mol. The van der Waals surface area contributed by atoms with Crippen molar-refractivity contribution in [2.45, 2.75) is 38.6 Å². The number of hydrogen-bond acceptors (Lipinski definition) is 1. The molecular formula is C18H22Cl2N2O. The lowest BCUT2D eigenvalue weighted by molar-refractivity contribution is -0.506.